The van der Waals surface area contributed by atoms with Gasteiger partial charge in [0.15, 0.2) is 5.78 Å². The Morgan fingerprint density at radius 2 is 2.58 bits per heavy atom. The van der Waals surface area contributed by atoms with Crippen molar-refractivity contribution < 1.29 is 4.79 Å². The Hall–Kier alpha value is -1.11. The van der Waals surface area contributed by atoms with Crippen molar-refractivity contribution in [2.75, 3.05) is 13.1 Å². The molecule has 3 heteroatoms. The van der Waals surface area contributed by atoms with Crippen LogP contribution in [0.1, 0.15) is 10.4 Å². The quantitative estimate of drug-likeness (QED) is 0.427. The average molecular weight is 179 g/mol. The molecule has 0 bridgehead atoms. The molecule has 1 aromatic heterocycles. The Kier molecular flexibility index (Phi) is 3.52. The van der Waals surface area contributed by atoms with Gasteiger partial charge in [0.05, 0.1) is 13.1 Å². The highest BCUT2D eigenvalue weighted by Crippen LogP contribution is 2.05. The van der Waals surface area contributed by atoms with Gasteiger partial charge in [0, 0.05) is 10.9 Å². The number of ketones is 1. The van der Waals surface area contributed by atoms with E-state index in [1.54, 1.807) is 0 Å². The molecule has 0 atom stereocenters. The van der Waals surface area contributed by atoms with Crippen molar-refractivity contribution in [1.29, 1.82) is 0 Å². The smallest absolute Gasteiger partial charge is 0.177 e. The van der Waals surface area contributed by atoms with E-state index in [0.29, 0.717) is 13.1 Å². The number of Topliss-reactive ketones (excluding diaryl/α,β-unsaturated/α-hetero) is 1. The van der Waals surface area contributed by atoms with Gasteiger partial charge in [0.2, 0.25) is 0 Å². The molecule has 0 amide bonds. The summed E-state index contributed by atoms with van der Waals surface area (Å²) >= 11 is 1.52. The predicted molar refractivity (Wildman–Crippen MR) is 50.4 cm³/mol. The van der Waals surface area contributed by atoms with E-state index in [1.807, 2.05) is 16.8 Å². The first kappa shape index (κ1) is 8.98. The van der Waals surface area contributed by atoms with E-state index in [1.165, 1.54) is 11.3 Å². The van der Waals surface area contributed by atoms with Crippen LogP contribution in [0.15, 0.2) is 16.8 Å². The summed E-state index contributed by atoms with van der Waals surface area (Å²) in [5.41, 5.74) is 0.754. The molecule has 0 saturated heterocycles. The van der Waals surface area contributed by atoms with E-state index in [9.17, 15) is 4.79 Å². The fraction of sp³-hybridized carbons (Fsp3) is 0.222. The number of hydrogen-bond acceptors (Lipinski definition) is 3. The Labute approximate surface area is 75.6 Å². The van der Waals surface area contributed by atoms with Gasteiger partial charge in [0.25, 0.3) is 0 Å². The molecule has 1 N–H and O–H groups in total. The van der Waals surface area contributed by atoms with Gasteiger partial charge in [-0.2, -0.15) is 11.3 Å². The van der Waals surface area contributed by atoms with Crippen molar-refractivity contribution in [1.82, 2.24) is 5.32 Å². The highest BCUT2D eigenvalue weighted by Gasteiger charge is 2.03. The Bertz CT molecular complexity index is 284. The molecular formula is C9H9NOS. The minimum atomic E-state index is 0.0894. The summed E-state index contributed by atoms with van der Waals surface area (Å²) in [5, 5.41) is 6.56. The summed E-state index contributed by atoms with van der Waals surface area (Å²) < 4.78 is 0. The van der Waals surface area contributed by atoms with E-state index in [-0.39, 0.29) is 5.78 Å². The second kappa shape index (κ2) is 4.70. The molecule has 1 heterocycles. The van der Waals surface area contributed by atoms with E-state index in [4.69, 9.17) is 6.42 Å². The zero-order valence-corrected chi connectivity index (χ0v) is 7.36. The summed E-state index contributed by atoms with van der Waals surface area (Å²) in [4.78, 5) is 11.3. The number of rotatable bonds is 4. The number of nitrogens with one attached hydrogen (secondary N) is 1. The maximum absolute atomic E-state index is 11.3. The van der Waals surface area contributed by atoms with Gasteiger partial charge in [-0.25, -0.2) is 0 Å². The molecule has 1 aromatic rings. The standard InChI is InChI=1S/C9H9NOS/c1-2-4-10-6-9(11)8-3-5-12-7-8/h1,3,5,7,10H,4,6H2. The molecule has 0 aliphatic rings. The molecule has 2 nitrogen and oxygen atoms in total. The Morgan fingerprint density at radius 3 is 3.17 bits per heavy atom. The SMILES string of the molecule is C#CCNCC(=O)c1ccsc1. The number of thiophene rings is 1. The first-order valence-electron chi connectivity index (χ1n) is 3.54. The van der Waals surface area contributed by atoms with Gasteiger partial charge < -0.3 is 0 Å². The summed E-state index contributed by atoms with van der Waals surface area (Å²) in [6.07, 6.45) is 5.01. The second-order valence-corrected chi connectivity index (χ2v) is 3.02. The third-order valence-corrected chi connectivity index (χ3v) is 2.04. The normalized spacial score (nSPS) is 9.25. The first-order valence-corrected chi connectivity index (χ1v) is 4.48. The van der Waals surface area contributed by atoms with Crippen molar-refractivity contribution in [3.8, 4) is 12.3 Å². The van der Waals surface area contributed by atoms with Crippen LogP contribution in [-0.4, -0.2) is 18.9 Å². The van der Waals surface area contributed by atoms with Crippen LogP contribution in [0.3, 0.4) is 0 Å². The van der Waals surface area contributed by atoms with Gasteiger partial charge in [0.1, 0.15) is 0 Å². The van der Waals surface area contributed by atoms with Crippen LogP contribution < -0.4 is 5.32 Å². The summed E-state index contributed by atoms with van der Waals surface area (Å²) in [6.45, 7) is 0.761. The van der Waals surface area contributed by atoms with Crippen LogP contribution in [0.4, 0.5) is 0 Å². The van der Waals surface area contributed by atoms with Crippen molar-refractivity contribution in [2.24, 2.45) is 0 Å². The molecule has 0 aromatic carbocycles. The number of terminal acetylenes is 1. The van der Waals surface area contributed by atoms with Crippen LogP contribution in [0, 0.1) is 12.3 Å². The highest BCUT2D eigenvalue weighted by atomic mass is 32.1. The lowest BCUT2D eigenvalue weighted by molar-refractivity contribution is 0.0993. The molecule has 1 rings (SSSR count). The molecule has 0 aliphatic carbocycles. The fourth-order valence-electron chi connectivity index (χ4n) is 0.773. The van der Waals surface area contributed by atoms with Crippen LogP contribution in [0.25, 0.3) is 0 Å². The van der Waals surface area contributed by atoms with Gasteiger partial charge >= 0.3 is 0 Å². The second-order valence-electron chi connectivity index (χ2n) is 2.24. The fourth-order valence-corrected chi connectivity index (χ4v) is 1.43. The van der Waals surface area contributed by atoms with Gasteiger partial charge in [-0.15, -0.1) is 6.42 Å². The lowest BCUT2D eigenvalue weighted by Crippen LogP contribution is -2.22. The van der Waals surface area contributed by atoms with Crippen molar-refractivity contribution in [2.45, 2.75) is 0 Å². The van der Waals surface area contributed by atoms with Crippen molar-refractivity contribution in [3.63, 3.8) is 0 Å². The molecule has 0 spiro atoms. The van der Waals surface area contributed by atoms with E-state index in [0.717, 1.165) is 5.56 Å². The molecule has 12 heavy (non-hydrogen) atoms. The third kappa shape index (κ3) is 2.50. The first-order chi connectivity index (χ1) is 5.84. The minimum absolute atomic E-state index is 0.0894. The van der Waals surface area contributed by atoms with Crippen molar-refractivity contribution >= 4 is 17.1 Å². The Morgan fingerprint density at radius 1 is 1.75 bits per heavy atom. The maximum Gasteiger partial charge on any atom is 0.177 e. The summed E-state index contributed by atoms with van der Waals surface area (Å²) in [7, 11) is 0. The zero-order chi connectivity index (χ0) is 8.81. The van der Waals surface area contributed by atoms with Gasteiger partial charge in [-0.05, 0) is 11.4 Å². The maximum atomic E-state index is 11.3. The average Bonchev–Trinajstić information content (AvgIpc) is 2.56. The summed E-state index contributed by atoms with van der Waals surface area (Å²) in [6, 6.07) is 1.81. The molecule has 0 radical (unpaired) electrons. The van der Waals surface area contributed by atoms with E-state index >= 15 is 0 Å². The van der Waals surface area contributed by atoms with Crippen LogP contribution in [0.2, 0.25) is 0 Å². The lowest BCUT2D eigenvalue weighted by Gasteiger charge is -1.96. The Balaban J connectivity index is 2.36. The molecule has 0 aliphatic heterocycles. The summed E-state index contributed by atoms with van der Waals surface area (Å²) in [5.74, 6) is 2.50. The number of carbonyl (C=O) groups excluding carboxylic acids is 1. The third-order valence-electron chi connectivity index (χ3n) is 1.36. The van der Waals surface area contributed by atoms with E-state index < -0.39 is 0 Å². The number of carbonyl (C=O) groups is 1. The minimum Gasteiger partial charge on any atom is -0.299 e. The van der Waals surface area contributed by atoms with Crippen molar-refractivity contribution in [3.05, 3.63) is 22.4 Å². The van der Waals surface area contributed by atoms with Gasteiger partial charge in [-0.1, -0.05) is 5.92 Å². The monoisotopic (exact) mass is 179 g/mol. The van der Waals surface area contributed by atoms with Crippen LogP contribution >= 0.6 is 11.3 Å². The molecule has 0 unspecified atom stereocenters. The molecule has 0 fully saturated rings. The topological polar surface area (TPSA) is 29.1 Å². The number of hydrogen-bond donors (Lipinski definition) is 1. The highest BCUT2D eigenvalue weighted by molar-refractivity contribution is 7.08. The van der Waals surface area contributed by atoms with Crippen LogP contribution in [0.5, 0.6) is 0 Å². The molecular weight excluding hydrogens is 170 g/mol. The van der Waals surface area contributed by atoms with E-state index in [2.05, 4.69) is 11.2 Å². The van der Waals surface area contributed by atoms with Crippen LogP contribution in [-0.2, 0) is 0 Å². The lowest BCUT2D eigenvalue weighted by atomic mass is 10.2. The zero-order valence-electron chi connectivity index (χ0n) is 6.54. The van der Waals surface area contributed by atoms with Gasteiger partial charge in [-0.3, -0.25) is 10.1 Å². The molecule has 62 valence electrons. The predicted octanol–water partition coefficient (Wildman–Crippen LogP) is 1.15. The largest absolute Gasteiger partial charge is 0.299 e. The molecule has 0 saturated carbocycles.